The quantitative estimate of drug-likeness (QED) is 0.587. The van der Waals surface area contributed by atoms with E-state index in [1.807, 2.05) is 18.5 Å². The van der Waals surface area contributed by atoms with Crippen LogP contribution in [0.25, 0.3) is 21.5 Å². The first-order valence-electron chi connectivity index (χ1n) is 9.05. The summed E-state index contributed by atoms with van der Waals surface area (Å²) in [5.41, 5.74) is 2.06. The van der Waals surface area contributed by atoms with Crippen LogP contribution < -0.4 is 9.80 Å². The van der Waals surface area contributed by atoms with Crippen molar-refractivity contribution in [2.24, 2.45) is 0 Å². The summed E-state index contributed by atoms with van der Waals surface area (Å²) in [6.45, 7) is 1.92. The van der Waals surface area contributed by atoms with Gasteiger partial charge in [-0.25, -0.2) is 15.0 Å². The fourth-order valence-corrected chi connectivity index (χ4v) is 4.45. The van der Waals surface area contributed by atoms with Gasteiger partial charge < -0.3 is 14.8 Å². The molecule has 0 aromatic carbocycles. The lowest BCUT2D eigenvalue weighted by Gasteiger charge is -2.26. The van der Waals surface area contributed by atoms with E-state index in [-0.39, 0.29) is 0 Å². The summed E-state index contributed by atoms with van der Waals surface area (Å²) in [4.78, 5) is 22.6. The van der Waals surface area contributed by atoms with Crippen molar-refractivity contribution in [1.82, 2.24) is 19.9 Å². The second-order valence-corrected chi connectivity index (χ2v) is 7.77. The van der Waals surface area contributed by atoms with Gasteiger partial charge in [0.25, 0.3) is 0 Å². The van der Waals surface area contributed by atoms with Crippen molar-refractivity contribution in [3.05, 3.63) is 54.4 Å². The Bertz CT molecular complexity index is 1040. The molecule has 6 nitrogen and oxygen atoms in total. The number of likely N-dealkylation sites (N-methyl/N-ethyl adjacent to an activating group) is 1. The first kappa shape index (κ1) is 16.3. The lowest BCUT2D eigenvalue weighted by molar-refractivity contribution is 0.684. The number of anilines is 2. The third-order valence-corrected chi connectivity index (χ3v) is 6.18. The molecule has 0 amide bonds. The number of nitrogens with zero attached hydrogens (tertiary/aromatic N) is 5. The fourth-order valence-electron chi connectivity index (χ4n) is 3.73. The number of hydrogen-bond acceptors (Lipinski definition) is 6. The fraction of sp³-hybridized carbons (Fsp3) is 0.250. The number of aromatic nitrogens is 4. The number of thiophene rings is 1. The van der Waals surface area contributed by atoms with Gasteiger partial charge in [0, 0.05) is 49.0 Å². The van der Waals surface area contributed by atoms with E-state index in [1.54, 1.807) is 17.7 Å². The molecule has 1 atom stereocenters. The highest BCUT2D eigenvalue weighted by molar-refractivity contribution is 7.13. The van der Waals surface area contributed by atoms with Gasteiger partial charge in [0.05, 0.1) is 5.39 Å². The van der Waals surface area contributed by atoms with E-state index in [1.165, 1.54) is 10.4 Å². The summed E-state index contributed by atoms with van der Waals surface area (Å²) in [5, 5.41) is 3.18. The first-order chi connectivity index (χ1) is 13.3. The molecule has 4 aromatic heterocycles. The van der Waals surface area contributed by atoms with Crippen LogP contribution in [0.4, 0.5) is 11.6 Å². The van der Waals surface area contributed by atoms with E-state index in [9.17, 15) is 0 Å². The summed E-state index contributed by atoms with van der Waals surface area (Å²) in [5.74, 6) is 2.02. The Kier molecular flexibility index (Phi) is 4.01. The van der Waals surface area contributed by atoms with Crippen molar-refractivity contribution in [1.29, 1.82) is 0 Å². The van der Waals surface area contributed by atoms with Crippen LogP contribution in [-0.2, 0) is 0 Å². The molecule has 5 heterocycles. The zero-order valence-electron chi connectivity index (χ0n) is 15.0. The van der Waals surface area contributed by atoms with E-state index in [0.29, 0.717) is 6.04 Å². The molecule has 0 saturated carbocycles. The lowest BCUT2D eigenvalue weighted by atomic mass is 10.2. The SMILES string of the molecule is CN(c1ccc(-c2cccs2)cn1)[C@@H]1CCN(c2ncnc3[nH]ccc23)C1. The number of hydrogen-bond donors (Lipinski definition) is 1. The van der Waals surface area contributed by atoms with Gasteiger partial charge in [-0.2, -0.15) is 0 Å². The van der Waals surface area contributed by atoms with Crippen molar-refractivity contribution in [3.63, 3.8) is 0 Å². The third kappa shape index (κ3) is 2.94. The summed E-state index contributed by atoms with van der Waals surface area (Å²) in [6, 6.07) is 10.9. The molecule has 1 aliphatic rings. The smallest absolute Gasteiger partial charge is 0.142 e. The Morgan fingerprint density at radius 2 is 2.15 bits per heavy atom. The lowest BCUT2D eigenvalue weighted by Crippen LogP contribution is -2.35. The minimum Gasteiger partial charge on any atom is -0.355 e. The zero-order valence-corrected chi connectivity index (χ0v) is 15.9. The number of rotatable bonds is 4. The summed E-state index contributed by atoms with van der Waals surface area (Å²) < 4.78 is 0. The molecule has 0 radical (unpaired) electrons. The highest BCUT2D eigenvalue weighted by atomic mass is 32.1. The normalized spacial score (nSPS) is 16.9. The maximum Gasteiger partial charge on any atom is 0.142 e. The Morgan fingerprint density at radius 3 is 2.96 bits per heavy atom. The monoisotopic (exact) mass is 376 g/mol. The molecule has 7 heteroatoms. The zero-order chi connectivity index (χ0) is 18.2. The Morgan fingerprint density at radius 1 is 1.19 bits per heavy atom. The van der Waals surface area contributed by atoms with E-state index >= 15 is 0 Å². The highest BCUT2D eigenvalue weighted by Gasteiger charge is 2.28. The van der Waals surface area contributed by atoms with E-state index < -0.39 is 0 Å². The molecule has 1 fully saturated rings. The van der Waals surface area contributed by atoms with Crippen LogP contribution >= 0.6 is 11.3 Å². The third-order valence-electron chi connectivity index (χ3n) is 5.26. The summed E-state index contributed by atoms with van der Waals surface area (Å²) in [6.07, 6.45) is 6.61. The number of fused-ring (bicyclic) bond motifs is 1. The molecule has 27 heavy (non-hydrogen) atoms. The molecule has 5 rings (SSSR count). The molecule has 1 saturated heterocycles. The molecule has 136 valence electrons. The first-order valence-corrected chi connectivity index (χ1v) is 9.93. The second-order valence-electron chi connectivity index (χ2n) is 6.82. The van der Waals surface area contributed by atoms with Crippen LogP contribution in [0.1, 0.15) is 6.42 Å². The van der Waals surface area contributed by atoms with Gasteiger partial charge in [-0.3, -0.25) is 0 Å². The van der Waals surface area contributed by atoms with Crippen LogP contribution in [0.5, 0.6) is 0 Å². The molecular formula is C20H20N6S. The molecular weight excluding hydrogens is 356 g/mol. The largest absolute Gasteiger partial charge is 0.355 e. The standard InChI is InChI=1S/C20H20N6S/c1-25(18-5-4-14(11-22-18)17-3-2-10-27-17)15-7-9-26(12-15)20-16-6-8-21-19(16)23-13-24-20/h2-6,8,10-11,13,15H,7,9,12H2,1H3,(H,21,23,24)/t15-/m1/s1. The predicted molar refractivity (Wildman–Crippen MR) is 110 cm³/mol. The summed E-state index contributed by atoms with van der Waals surface area (Å²) >= 11 is 1.74. The summed E-state index contributed by atoms with van der Waals surface area (Å²) in [7, 11) is 2.13. The molecule has 0 spiro atoms. The van der Waals surface area contributed by atoms with E-state index in [0.717, 1.165) is 42.2 Å². The van der Waals surface area contributed by atoms with Crippen LogP contribution in [0.2, 0.25) is 0 Å². The van der Waals surface area contributed by atoms with Crippen LogP contribution in [-0.4, -0.2) is 46.1 Å². The van der Waals surface area contributed by atoms with Gasteiger partial charge >= 0.3 is 0 Å². The van der Waals surface area contributed by atoms with Crippen LogP contribution in [0.15, 0.2) is 54.4 Å². The number of aromatic amines is 1. The van der Waals surface area contributed by atoms with E-state index in [2.05, 4.69) is 61.4 Å². The Hall–Kier alpha value is -2.93. The maximum atomic E-state index is 4.70. The van der Waals surface area contributed by atoms with E-state index in [4.69, 9.17) is 4.98 Å². The maximum absolute atomic E-state index is 4.70. The van der Waals surface area contributed by atoms with Gasteiger partial charge in [0.2, 0.25) is 0 Å². The van der Waals surface area contributed by atoms with Gasteiger partial charge in [0.15, 0.2) is 0 Å². The van der Waals surface area contributed by atoms with Crippen molar-refractivity contribution in [2.75, 3.05) is 29.9 Å². The van der Waals surface area contributed by atoms with Gasteiger partial charge in [-0.05, 0) is 36.1 Å². The Labute approximate surface area is 161 Å². The molecule has 0 unspecified atom stereocenters. The van der Waals surface area contributed by atoms with Crippen LogP contribution in [0.3, 0.4) is 0 Å². The predicted octanol–water partition coefficient (Wildman–Crippen LogP) is 3.80. The molecule has 1 N–H and O–H groups in total. The highest BCUT2D eigenvalue weighted by Crippen LogP contribution is 2.29. The van der Waals surface area contributed by atoms with Crippen molar-refractivity contribution >= 4 is 34.0 Å². The molecule has 4 aromatic rings. The van der Waals surface area contributed by atoms with Crippen molar-refractivity contribution in [3.8, 4) is 10.4 Å². The van der Waals surface area contributed by atoms with Gasteiger partial charge in [-0.15, -0.1) is 11.3 Å². The molecule has 1 aliphatic heterocycles. The minimum absolute atomic E-state index is 0.411. The van der Waals surface area contributed by atoms with Crippen LogP contribution in [0, 0.1) is 0 Å². The Balaban J connectivity index is 1.33. The average Bonchev–Trinajstić information content (AvgIpc) is 3.48. The number of pyridine rings is 1. The molecule has 0 aliphatic carbocycles. The molecule has 0 bridgehead atoms. The van der Waals surface area contributed by atoms with Gasteiger partial charge in [0.1, 0.15) is 23.6 Å². The van der Waals surface area contributed by atoms with Crippen molar-refractivity contribution in [2.45, 2.75) is 12.5 Å². The average molecular weight is 376 g/mol. The number of nitrogens with one attached hydrogen (secondary N) is 1. The minimum atomic E-state index is 0.411. The second kappa shape index (κ2) is 6.66. The van der Waals surface area contributed by atoms with Gasteiger partial charge in [-0.1, -0.05) is 6.07 Å². The topological polar surface area (TPSA) is 60.9 Å². The van der Waals surface area contributed by atoms with Crippen molar-refractivity contribution < 1.29 is 0 Å². The number of H-pyrrole nitrogens is 1.